The second kappa shape index (κ2) is 12.0. The molecule has 154 valence electrons. The van der Waals surface area contributed by atoms with Gasteiger partial charge in [0.25, 0.3) is 0 Å². The van der Waals surface area contributed by atoms with Crippen molar-refractivity contribution in [3.8, 4) is 5.75 Å². The quantitative estimate of drug-likeness (QED) is 0.212. The second-order valence-corrected chi connectivity index (χ2v) is 6.58. The Bertz CT molecular complexity index is 694. The number of ether oxygens (including phenoxy) is 1. The Labute approximate surface area is 169 Å². The highest BCUT2D eigenvalue weighted by Gasteiger charge is 2.20. The van der Waals surface area contributed by atoms with Gasteiger partial charge in [0, 0.05) is 30.8 Å². The number of rotatable bonds is 10. The van der Waals surface area contributed by atoms with Crippen LogP contribution >= 0.6 is 12.6 Å². The van der Waals surface area contributed by atoms with Crippen molar-refractivity contribution in [1.82, 2.24) is 10.6 Å². The van der Waals surface area contributed by atoms with Gasteiger partial charge in [-0.1, -0.05) is 0 Å². The largest absolute Gasteiger partial charge is 0.425 e. The molecule has 0 spiro atoms. The predicted octanol–water partition coefficient (Wildman–Crippen LogP) is 0.209. The van der Waals surface area contributed by atoms with Crippen LogP contribution in [-0.4, -0.2) is 48.1 Å². The molecule has 3 amide bonds. The van der Waals surface area contributed by atoms with Crippen molar-refractivity contribution in [2.75, 3.05) is 17.6 Å². The molecule has 28 heavy (non-hydrogen) atoms. The first-order valence-electron chi connectivity index (χ1n) is 8.73. The number of thiol groups is 1. The predicted molar refractivity (Wildman–Crippen MR) is 108 cm³/mol. The normalized spacial score (nSPS) is 12.4. The van der Waals surface area contributed by atoms with Crippen LogP contribution < -0.4 is 26.4 Å². The first-order valence-corrected chi connectivity index (χ1v) is 9.36. The minimum Gasteiger partial charge on any atom is -0.425 e. The van der Waals surface area contributed by atoms with Gasteiger partial charge in [-0.15, -0.1) is 0 Å². The van der Waals surface area contributed by atoms with Crippen LogP contribution in [0.1, 0.15) is 26.7 Å². The third kappa shape index (κ3) is 9.38. The van der Waals surface area contributed by atoms with E-state index in [1.165, 1.54) is 19.1 Å². The molecule has 5 N–H and O–H groups in total. The molecule has 0 aromatic heterocycles. The minimum absolute atomic E-state index is 0.0788. The molecule has 0 bridgehead atoms. The fourth-order valence-corrected chi connectivity index (χ4v) is 2.34. The highest BCUT2D eigenvalue weighted by atomic mass is 32.1. The van der Waals surface area contributed by atoms with Crippen LogP contribution in [0, 0.1) is 0 Å². The van der Waals surface area contributed by atoms with E-state index in [4.69, 9.17) is 10.5 Å². The molecule has 10 heteroatoms. The summed E-state index contributed by atoms with van der Waals surface area (Å²) in [5, 5.41) is 7.54. The van der Waals surface area contributed by atoms with Gasteiger partial charge in [-0.3, -0.25) is 14.4 Å². The molecule has 2 atom stereocenters. The van der Waals surface area contributed by atoms with Crippen LogP contribution in [-0.2, 0) is 19.2 Å². The van der Waals surface area contributed by atoms with Crippen LogP contribution in [0.15, 0.2) is 24.3 Å². The number of benzene rings is 1. The molecule has 9 nitrogen and oxygen atoms in total. The SMILES string of the molecule is CC(=O)Nc1ccc(OC(=O)CNC(=O)C(CS)NC(=O)CCC(C)N)cc1. The van der Waals surface area contributed by atoms with Crippen molar-refractivity contribution in [2.45, 2.75) is 38.8 Å². The average molecular weight is 410 g/mol. The number of carbonyl (C=O) groups excluding carboxylic acids is 4. The number of carbonyl (C=O) groups is 4. The van der Waals surface area contributed by atoms with Crippen molar-refractivity contribution in [3.63, 3.8) is 0 Å². The van der Waals surface area contributed by atoms with Gasteiger partial charge in [0.1, 0.15) is 18.3 Å². The molecule has 0 heterocycles. The maximum Gasteiger partial charge on any atom is 0.330 e. The third-order valence-electron chi connectivity index (χ3n) is 3.47. The Morgan fingerprint density at radius 1 is 1.18 bits per heavy atom. The zero-order valence-corrected chi connectivity index (χ0v) is 16.8. The molecule has 0 radical (unpaired) electrons. The Balaban J connectivity index is 2.44. The van der Waals surface area contributed by atoms with Crippen molar-refractivity contribution < 1.29 is 23.9 Å². The Hall–Kier alpha value is -2.59. The third-order valence-corrected chi connectivity index (χ3v) is 3.84. The number of anilines is 1. The molecular weight excluding hydrogens is 384 g/mol. The smallest absolute Gasteiger partial charge is 0.330 e. The first-order chi connectivity index (χ1) is 13.2. The summed E-state index contributed by atoms with van der Waals surface area (Å²) in [6.07, 6.45) is 0.700. The van der Waals surface area contributed by atoms with Gasteiger partial charge < -0.3 is 26.4 Å². The van der Waals surface area contributed by atoms with Gasteiger partial charge in [0.15, 0.2) is 0 Å². The number of nitrogens with one attached hydrogen (secondary N) is 3. The summed E-state index contributed by atoms with van der Waals surface area (Å²) < 4.78 is 5.10. The average Bonchev–Trinajstić information content (AvgIpc) is 2.63. The molecule has 1 aromatic rings. The van der Waals surface area contributed by atoms with E-state index in [1.807, 2.05) is 0 Å². The summed E-state index contributed by atoms with van der Waals surface area (Å²) in [6, 6.07) is 5.21. The monoisotopic (exact) mass is 410 g/mol. The molecule has 0 fully saturated rings. The number of nitrogens with two attached hydrogens (primary N) is 1. The van der Waals surface area contributed by atoms with Gasteiger partial charge in [-0.05, 0) is 37.6 Å². The van der Waals surface area contributed by atoms with E-state index in [0.29, 0.717) is 12.1 Å². The van der Waals surface area contributed by atoms with Crippen LogP contribution in [0.3, 0.4) is 0 Å². The standard InChI is InChI=1S/C18H26N4O5S/c1-11(19)3-8-16(24)22-15(10-28)18(26)20-9-17(25)27-14-6-4-13(5-7-14)21-12(2)23/h4-7,11,15,28H,3,8-10,19H2,1-2H3,(H,20,26)(H,21,23)(H,22,24). The fraction of sp³-hybridized carbons (Fsp3) is 0.444. The minimum atomic E-state index is -0.867. The van der Waals surface area contributed by atoms with Crippen LogP contribution in [0.2, 0.25) is 0 Å². The molecule has 2 unspecified atom stereocenters. The van der Waals surface area contributed by atoms with E-state index in [9.17, 15) is 19.2 Å². The molecule has 0 saturated heterocycles. The topological polar surface area (TPSA) is 140 Å². The Morgan fingerprint density at radius 2 is 1.82 bits per heavy atom. The Morgan fingerprint density at radius 3 is 2.36 bits per heavy atom. The maximum absolute atomic E-state index is 12.1. The highest BCUT2D eigenvalue weighted by molar-refractivity contribution is 7.80. The van der Waals surface area contributed by atoms with Gasteiger partial charge in [-0.2, -0.15) is 12.6 Å². The summed E-state index contributed by atoms with van der Waals surface area (Å²) in [6.45, 7) is 2.80. The van der Waals surface area contributed by atoms with Gasteiger partial charge in [0.05, 0.1) is 0 Å². The second-order valence-electron chi connectivity index (χ2n) is 6.22. The van der Waals surface area contributed by atoms with Crippen LogP contribution in [0.4, 0.5) is 5.69 Å². The summed E-state index contributed by atoms with van der Waals surface area (Å²) >= 11 is 4.05. The van der Waals surface area contributed by atoms with Crippen molar-refractivity contribution >= 4 is 42.0 Å². The van der Waals surface area contributed by atoms with E-state index in [2.05, 4.69) is 28.6 Å². The maximum atomic E-state index is 12.1. The van der Waals surface area contributed by atoms with Gasteiger partial charge in [-0.25, -0.2) is 4.79 Å². The van der Waals surface area contributed by atoms with Gasteiger partial charge in [0.2, 0.25) is 17.7 Å². The molecule has 0 aliphatic rings. The van der Waals surface area contributed by atoms with Crippen LogP contribution in [0.25, 0.3) is 0 Å². The zero-order chi connectivity index (χ0) is 21.1. The summed E-state index contributed by atoms with van der Waals surface area (Å²) in [7, 11) is 0. The molecule has 1 aromatic carbocycles. The van der Waals surface area contributed by atoms with E-state index < -0.39 is 17.9 Å². The summed E-state index contributed by atoms with van der Waals surface area (Å²) in [5.41, 5.74) is 6.16. The van der Waals surface area contributed by atoms with Gasteiger partial charge >= 0.3 is 5.97 Å². The molecule has 0 aliphatic heterocycles. The van der Waals surface area contributed by atoms with E-state index in [1.54, 1.807) is 19.1 Å². The number of esters is 1. The molecule has 1 rings (SSSR count). The number of amides is 3. The van der Waals surface area contributed by atoms with E-state index in [0.717, 1.165) is 0 Å². The summed E-state index contributed by atoms with van der Waals surface area (Å²) in [4.78, 5) is 46.7. The molecule has 0 aliphatic carbocycles. The van der Waals surface area contributed by atoms with Crippen molar-refractivity contribution in [2.24, 2.45) is 5.73 Å². The number of hydrogen-bond donors (Lipinski definition) is 5. The lowest BCUT2D eigenvalue weighted by molar-refractivity contribution is -0.136. The lowest BCUT2D eigenvalue weighted by Gasteiger charge is -2.16. The highest BCUT2D eigenvalue weighted by Crippen LogP contribution is 2.15. The van der Waals surface area contributed by atoms with Crippen molar-refractivity contribution in [3.05, 3.63) is 24.3 Å². The number of hydrogen-bond acceptors (Lipinski definition) is 7. The molecular formula is C18H26N4O5S. The van der Waals surface area contributed by atoms with E-state index >= 15 is 0 Å². The first kappa shape index (κ1) is 23.4. The van der Waals surface area contributed by atoms with E-state index in [-0.39, 0.29) is 42.3 Å². The lowest BCUT2D eigenvalue weighted by atomic mass is 10.2. The van der Waals surface area contributed by atoms with Crippen LogP contribution in [0.5, 0.6) is 5.75 Å². The Kier molecular flexibility index (Phi) is 10.0. The zero-order valence-electron chi connectivity index (χ0n) is 15.9. The fourth-order valence-electron chi connectivity index (χ4n) is 2.08. The lowest BCUT2D eigenvalue weighted by Crippen LogP contribution is -2.49. The van der Waals surface area contributed by atoms with Crippen molar-refractivity contribution in [1.29, 1.82) is 0 Å². The molecule has 0 saturated carbocycles. The summed E-state index contributed by atoms with van der Waals surface area (Å²) in [5.74, 6) is -1.40.